The molecule has 0 bridgehead atoms. The van der Waals surface area contributed by atoms with E-state index in [0.717, 1.165) is 16.7 Å². The first-order valence-electron chi connectivity index (χ1n) is 15.6. The van der Waals surface area contributed by atoms with Crippen molar-refractivity contribution in [1.29, 1.82) is 0 Å². The summed E-state index contributed by atoms with van der Waals surface area (Å²) >= 11 is 0. The third-order valence-electron chi connectivity index (χ3n) is 8.75. The monoisotopic (exact) mass is 645 g/mol. The van der Waals surface area contributed by atoms with E-state index in [1.165, 1.54) is 12.1 Å². The minimum absolute atomic E-state index is 0.0597. The molecule has 0 fully saturated rings. The van der Waals surface area contributed by atoms with Crippen LogP contribution >= 0.6 is 0 Å². The number of benzene rings is 4. The van der Waals surface area contributed by atoms with Crippen LogP contribution in [0.25, 0.3) is 16.5 Å². The first kappa shape index (κ1) is 32.4. The molecule has 0 aliphatic carbocycles. The molecular weight excluding hydrogens is 610 g/mol. The molecule has 2 atom stereocenters. The number of aliphatic hydroxyl groups excluding tert-OH is 1. The van der Waals surface area contributed by atoms with Crippen molar-refractivity contribution < 1.29 is 30.0 Å². The largest absolute Gasteiger partial charge is 0.506 e. The Balaban J connectivity index is 1.03. The number of phenols is 1. The number of hydrogen-bond acceptors (Lipinski definition) is 7. The van der Waals surface area contributed by atoms with Gasteiger partial charge in [0.25, 0.3) is 5.91 Å². The van der Waals surface area contributed by atoms with E-state index in [1.54, 1.807) is 77.7 Å². The standard InChI is InChI=1S/C38H35N3O7/c42-32-15-13-30(31-14-16-34(44)40-35(31)32)33(43)22-39-19-17-24-9-11-25(12-10-24)36(45)41-20-18-27(23-41)26-5-4-8-29(21-26)38(48,37(46)47)28-6-2-1-3-7-28/h1-16,18,21,33,39,42-43,48H,17,19-20,22-23H2,(H,40,44)(H,46,47)/t33-,38-/m0/s1. The highest BCUT2D eigenvalue weighted by molar-refractivity contribution is 5.96. The molecule has 0 saturated carbocycles. The van der Waals surface area contributed by atoms with Crippen molar-refractivity contribution in [2.45, 2.75) is 18.1 Å². The molecule has 6 N–H and O–H groups in total. The number of aromatic hydroxyl groups is 1. The van der Waals surface area contributed by atoms with Crippen molar-refractivity contribution in [3.05, 3.63) is 153 Å². The molecule has 6 rings (SSSR count). The molecule has 4 aromatic carbocycles. The number of pyridine rings is 1. The minimum Gasteiger partial charge on any atom is -0.506 e. The maximum atomic E-state index is 13.3. The van der Waals surface area contributed by atoms with E-state index in [4.69, 9.17) is 0 Å². The van der Waals surface area contributed by atoms with Gasteiger partial charge in [-0.2, -0.15) is 0 Å². The number of carbonyl (C=O) groups excluding carboxylic acids is 1. The summed E-state index contributed by atoms with van der Waals surface area (Å²) in [6.45, 7) is 1.60. The van der Waals surface area contributed by atoms with E-state index in [0.29, 0.717) is 42.6 Å². The second-order valence-corrected chi connectivity index (χ2v) is 11.8. The van der Waals surface area contributed by atoms with E-state index in [2.05, 4.69) is 10.3 Å². The van der Waals surface area contributed by atoms with Crippen molar-refractivity contribution in [3.8, 4) is 5.75 Å². The van der Waals surface area contributed by atoms with Crippen LogP contribution in [-0.2, 0) is 16.8 Å². The molecule has 0 unspecified atom stereocenters. The third kappa shape index (κ3) is 6.50. The Bertz CT molecular complexity index is 2060. The summed E-state index contributed by atoms with van der Waals surface area (Å²) in [5.74, 6) is -1.56. The van der Waals surface area contributed by atoms with E-state index in [9.17, 15) is 34.8 Å². The topological polar surface area (TPSA) is 163 Å². The molecule has 10 heteroatoms. The van der Waals surface area contributed by atoms with Gasteiger partial charge in [0.05, 0.1) is 11.6 Å². The normalized spacial score (nSPS) is 14.8. The first-order valence-corrected chi connectivity index (χ1v) is 15.6. The smallest absolute Gasteiger partial charge is 0.345 e. The summed E-state index contributed by atoms with van der Waals surface area (Å²) in [4.78, 5) is 41.6. The summed E-state index contributed by atoms with van der Waals surface area (Å²) in [6, 6.07) is 28.5. The molecule has 0 saturated heterocycles. The van der Waals surface area contributed by atoms with Crippen LogP contribution in [0.1, 0.15) is 44.3 Å². The Kier molecular flexibility index (Phi) is 9.22. The lowest BCUT2D eigenvalue weighted by molar-refractivity contribution is -0.155. The lowest BCUT2D eigenvalue weighted by Crippen LogP contribution is -2.36. The van der Waals surface area contributed by atoms with Gasteiger partial charge in [0.1, 0.15) is 5.75 Å². The summed E-state index contributed by atoms with van der Waals surface area (Å²) < 4.78 is 0. The molecule has 10 nitrogen and oxygen atoms in total. The van der Waals surface area contributed by atoms with Gasteiger partial charge in [0.15, 0.2) is 0 Å². The van der Waals surface area contributed by atoms with Crippen molar-refractivity contribution in [1.82, 2.24) is 15.2 Å². The molecular formula is C38H35N3O7. The number of nitrogens with one attached hydrogen (secondary N) is 2. The number of hydrogen-bond donors (Lipinski definition) is 6. The molecule has 5 aromatic rings. The maximum absolute atomic E-state index is 13.3. The number of phenolic OH excluding ortho intramolecular Hbond substituents is 1. The van der Waals surface area contributed by atoms with Gasteiger partial charge >= 0.3 is 5.97 Å². The summed E-state index contributed by atoms with van der Waals surface area (Å²) in [5.41, 5.74) is 1.98. The van der Waals surface area contributed by atoms with Crippen LogP contribution in [0.2, 0.25) is 0 Å². The number of rotatable bonds is 11. The molecule has 0 radical (unpaired) electrons. The van der Waals surface area contributed by atoms with Gasteiger partial charge in [0.2, 0.25) is 11.2 Å². The van der Waals surface area contributed by atoms with Crippen LogP contribution in [0.3, 0.4) is 0 Å². The number of fused-ring (bicyclic) bond motifs is 1. The Morgan fingerprint density at radius 1 is 0.917 bits per heavy atom. The zero-order valence-electron chi connectivity index (χ0n) is 26.0. The van der Waals surface area contributed by atoms with Crippen LogP contribution in [0.15, 0.2) is 114 Å². The van der Waals surface area contributed by atoms with Gasteiger partial charge in [-0.25, -0.2) is 4.79 Å². The number of H-pyrrole nitrogens is 1. The number of carbonyl (C=O) groups is 2. The van der Waals surface area contributed by atoms with E-state index in [1.807, 2.05) is 24.3 Å². The Morgan fingerprint density at radius 2 is 1.67 bits per heavy atom. The molecule has 1 aromatic heterocycles. The zero-order valence-corrected chi connectivity index (χ0v) is 26.0. The van der Waals surface area contributed by atoms with Gasteiger partial charge in [0, 0.05) is 42.2 Å². The number of aromatic amines is 1. The Labute approximate surface area is 276 Å². The number of aliphatic carboxylic acids is 1. The fourth-order valence-corrected chi connectivity index (χ4v) is 6.08. The summed E-state index contributed by atoms with van der Waals surface area (Å²) in [5, 5.41) is 45.9. The van der Waals surface area contributed by atoms with Crippen molar-refractivity contribution in [2.75, 3.05) is 26.2 Å². The van der Waals surface area contributed by atoms with Crippen LogP contribution in [-0.4, -0.2) is 68.4 Å². The minimum atomic E-state index is -2.22. The molecule has 1 amide bonds. The highest BCUT2D eigenvalue weighted by Crippen LogP contribution is 2.33. The average Bonchev–Trinajstić information content (AvgIpc) is 3.61. The number of carboxylic acid groups (broad SMARTS) is 1. The SMILES string of the molecule is O=C(c1ccc(CCNC[C@H](O)c2ccc(O)c3[nH]c(=O)ccc23)cc1)N1CC=C(c2cccc([C@](O)(C(=O)O)c3ccccc3)c2)C1. The van der Waals surface area contributed by atoms with Gasteiger partial charge in [-0.1, -0.05) is 72.8 Å². The Morgan fingerprint density at radius 3 is 2.42 bits per heavy atom. The lowest BCUT2D eigenvalue weighted by atomic mass is 9.85. The van der Waals surface area contributed by atoms with Crippen molar-refractivity contribution in [2.24, 2.45) is 0 Å². The average molecular weight is 646 g/mol. The Hall–Kier alpha value is -5.55. The summed E-state index contributed by atoms with van der Waals surface area (Å²) in [7, 11) is 0. The van der Waals surface area contributed by atoms with Gasteiger partial charge in [-0.3, -0.25) is 9.59 Å². The van der Waals surface area contributed by atoms with Gasteiger partial charge in [-0.15, -0.1) is 0 Å². The number of amides is 1. The van der Waals surface area contributed by atoms with Crippen LogP contribution in [0.4, 0.5) is 0 Å². The summed E-state index contributed by atoms with van der Waals surface area (Å²) in [6.07, 6.45) is 1.75. The number of carboxylic acids is 1. The third-order valence-corrected chi connectivity index (χ3v) is 8.75. The quantitative estimate of drug-likeness (QED) is 0.118. The fraction of sp³-hybridized carbons (Fsp3) is 0.184. The molecule has 0 spiro atoms. The van der Waals surface area contributed by atoms with Crippen molar-refractivity contribution in [3.63, 3.8) is 0 Å². The lowest BCUT2D eigenvalue weighted by Gasteiger charge is -2.25. The zero-order chi connectivity index (χ0) is 33.8. The van der Waals surface area contributed by atoms with E-state index in [-0.39, 0.29) is 40.4 Å². The van der Waals surface area contributed by atoms with Crippen LogP contribution in [0.5, 0.6) is 5.75 Å². The molecule has 244 valence electrons. The first-order chi connectivity index (χ1) is 23.1. The highest BCUT2D eigenvalue weighted by Gasteiger charge is 2.40. The van der Waals surface area contributed by atoms with Crippen LogP contribution in [0, 0.1) is 0 Å². The fourth-order valence-electron chi connectivity index (χ4n) is 6.08. The number of nitrogens with zero attached hydrogens (tertiary/aromatic N) is 1. The maximum Gasteiger partial charge on any atom is 0.345 e. The predicted molar refractivity (Wildman–Crippen MR) is 182 cm³/mol. The van der Waals surface area contributed by atoms with Crippen LogP contribution < -0.4 is 10.9 Å². The second-order valence-electron chi connectivity index (χ2n) is 11.8. The number of aliphatic hydroxyl groups is 2. The highest BCUT2D eigenvalue weighted by atomic mass is 16.4. The molecule has 48 heavy (non-hydrogen) atoms. The van der Waals surface area contributed by atoms with Gasteiger partial charge < -0.3 is 35.6 Å². The molecule has 1 aliphatic heterocycles. The second kappa shape index (κ2) is 13.7. The predicted octanol–water partition coefficient (Wildman–Crippen LogP) is 3.96. The van der Waals surface area contributed by atoms with Gasteiger partial charge in [-0.05, 0) is 71.1 Å². The van der Waals surface area contributed by atoms with E-state index >= 15 is 0 Å². The van der Waals surface area contributed by atoms with Crippen molar-refractivity contribution >= 4 is 28.4 Å². The van der Waals surface area contributed by atoms with E-state index < -0.39 is 17.7 Å². The number of aromatic nitrogens is 1. The molecule has 1 aliphatic rings. The molecule has 2 heterocycles.